The zero-order valence-corrected chi connectivity index (χ0v) is 16.6. The summed E-state index contributed by atoms with van der Waals surface area (Å²) < 4.78 is 0. The Morgan fingerprint density at radius 2 is 1.79 bits per heavy atom. The molecular formula is C22H28N4O2. The third-order valence-corrected chi connectivity index (χ3v) is 4.97. The summed E-state index contributed by atoms with van der Waals surface area (Å²) >= 11 is 0. The van der Waals surface area contributed by atoms with Crippen molar-refractivity contribution in [1.29, 1.82) is 0 Å². The van der Waals surface area contributed by atoms with Crippen LogP contribution in [-0.2, 0) is 4.79 Å². The number of rotatable bonds is 6. The Bertz CT molecular complexity index is 816. The van der Waals surface area contributed by atoms with Crippen LogP contribution in [0.3, 0.4) is 0 Å². The van der Waals surface area contributed by atoms with Gasteiger partial charge in [-0.15, -0.1) is 0 Å². The van der Waals surface area contributed by atoms with E-state index >= 15 is 0 Å². The van der Waals surface area contributed by atoms with Crippen molar-refractivity contribution in [2.45, 2.75) is 20.3 Å². The van der Waals surface area contributed by atoms with E-state index in [1.54, 1.807) is 29.2 Å². The van der Waals surface area contributed by atoms with Crippen LogP contribution in [0.4, 0.5) is 17.1 Å². The van der Waals surface area contributed by atoms with Gasteiger partial charge in [-0.05, 0) is 56.7 Å². The van der Waals surface area contributed by atoms with E-state index < -0.39 is 0 Å². The molecule has 0 fully saturated rings. The maximum atomic E-state index is 12.6. The van der Waals surface area contributed by atoms with Gasteiger partial charge in [-0.3, -0.25) is 9.59 Å². The van der Waals surface area contributed by atoms with Gasteiger partial charge in [0.1, 0.15) is 0 Å². The van der Waals surface area contributed by atoms with E-state index in [0.29, 0.717) is 30.9 Å². The Morgan fingerprint density at radius 1 is 1.07 bits per heavy atom. The second-order valence-corrected chi connectivity index (χ2v) is 6.82. The molecular weight excluding hydrogens is 352 g/mol. The first-order valence-electron chi connectivity index (χ1n) is 9.89. The highest BCUT2D eigenvalue weighted by atomic mass is 16.2. The zero-order valence-electron chi connectivity index (χ0n) is 16.6. The van der Waals surface area contributed by atoms with Crippen molar-refractivity contribution in [3.05, 3.63) is 54.1 Å². The number of carbonyl (C=O) groups excluding carboxylic acids is 2. The number of para-hydroxylation sites is 2. The van der Waals surface area contributed by atoms with Gasteiger partial charge in [0, 0.05) is 37.4 Å². The highest BCUT2D eigenvalue weighted by Gasteiger charge is 2.17. The number of hydrogen-bond donors (Lipinski definition) is 2. The Morgan fingerprint density at radius 3 is 2.50 bits per heavy atom. The largest absolute Gasteiger partial charge is 0.383 e. The molecule has 0 atom stereocenters. The molecule has 1 heterocycles. The van der Waals surface area contributed by atoms with Crippen LogP contribution in [0.15, 0.2) is 48.5 Å². The predicted molar refractivity (Wildman–Crippen MR) is 114 cm³/mol. The third-order valence-electron chi connectivity index (χ3n) is 4.97. The first kappa shape index (κ1) is 19.7. The molecule has 2 N–H and O–H groups in total. The van der Waals surface area contributed by atoms with Crippen LogP contribution in [0.25, 0.3) is 0 Å². The van der Waals surface area contributed by atoms with Crippen LogP contribution in [0.2, 0.25) is 0 Å². The number of fused-ring (bicyclic) bond motifs is 1. The second kappa shape index (κ2) is 9.26. The number of anilines is 3. The van der Waals surface area contributed by atoms with Gasteiger partial charge in [0.2, 0.25) is 5.91 Å². The topological polar surface area (TPSA) is 64.7 Å². The molecule has 28 heavy (non-hydrogen) atoms. The molecule has 6 heteroatoms. The Hall–Kier alpha value is -3.02. The molecule has 0 saturated carbocycles. The van der Waals surface area contributed by atoms with Gasteiger partial charge in [0.15, 0.2) is 0 Å². The molecule has 148 valence electrons. The van der Waals surface area contributed by atoms with Crippen molar-refractivity contribution in [1.82, 2.24) is 4.90 Å². The fourth-order valence-electron chi connectivity index (χ4n) is 3.44. The molecule has 0 radical (unpaired) electrons. The van der Waals surface area contributed by atoms with Crippen molar-refractivity contribution in [2.75, 3.05) is 48.3 Å². The summed E-state index contributed by atoms with van der Waals surface area (Å²) in [5, 5.41) is 6.34. The molecule has 0 spiro atoms. The third kappa shape index (κ3) is 4.63. The van der Waals surface area contributed by atoms with E-state index in [0.717, 1.165) is 30.9 Å². The molecule has 6 nitrogen and oxygen atoms in total. The van der Waals surface area contributed by atoms with Gasteiger partial charge < -0.3 is 20.4 Å². The molecule has 0 bridgehead atoms. The first-order chi connectivity index (χ1) is 13.6. The molecule has 0 saturated heterocycles. The van der Waals surface area contributed by atoms with E-state index in [1.165, 1.54) is 0 Å². The normalized spacial score (nSPS) is 13.1. The summed E-state index contributed by atoms with van der Waals surface area (Å²) in [6.45, 7) is 7.31. The molecule has 0 aliphatic carbocycles. The van der Waals surface area contributed by atoms with E-state index in [2.05, 4.69) is 15.5 Å². The van der Waals surface area contributed by atoms with E-state index in [-0.39, 0.29) is 11.8 Å². The average Bonchev–Trinajstić information content (AvgIpc) is 2.92. The lowest BCUT2D eigenvalue weighted by Crippen LogP contribution is -2.33. The summed E-state index contributed by atoms with van der Waals surface area (Å²) in [4.78, 5) is 28.8. The molecule has 2 aromatic rings. The quantitative estimate of drug-likeness (QED) is 0.806. The summed E-state index contributed by atoms with van der Waals surface area (Å²) in [5.41, 5.74) is 3.44. The summed E-state index contributed by atoms with van der Waals surface area (Å²) in [6, 6.07) is 15.2. The monoisotopic (exact) mass is 380 g/mol. The standard InChI is InChI=1S/C22H28N4O2/c1-3-25(4-2)22(28)17-10-12-18(13-11-17)24-21(27)16-26-15-7-14-23-19-8-5-6-9-20(19)26/h5-6,8-13,23H,3-4,7,14-16H2,1-2H3,(H,24,27). The minimum absolute atomic E-state index is 0.0107. The van der Waals surface area contributed by atoms with Crippen molar-refractivity contribution in [3.8, 4) is 0 Å². The van der Waals surface area contributed by atoms with Crippen LogP contribution in [-0.4, -0.2) is 49.4 Å². The number of hydrogen-bond acceptors (Lipinski definition) is 4. The van der Waals surface area contributed by atoms with Gasteiger partial charge in [-0.1, -0.05) is 12.1 Å². The van der Waals surface area contributed by atoms with Gasteiger partial charge in [0.05, 0.1) is 17.9 Å². The van der Waals surface area contributed by atoms with Crippen LogP contribution in [0, 0.1) is 0 Å². The molecule has 0 aromatic heterocycles. The Labute approximate surface area is 166 Å². The van der Waals surface area contributed by atoms with Gasteiger partial charge in [0.25, 0.3) is 5.91 Å². The van der Waals surface area contributed by atoms with E-state index in [9.17, 15) is 9.59 Å². The fourth-order valence-corrected chi connectivity index (χ4v) is 3.44. The van der Waals surface area contributed by atoms with Crippen LogP contribution in [0.1, 0.15) is 30.6 Å². The Balaban J connectivity index is 1.63. The highest BCUT2D eigenvalue weighted by molar-refractivity contribution is 5.97. The number of benzene rings is 2. The highest BCUT2D eigenvalue weighted by Crippen LogP contribution is 2.27. The van der Waals surface area contributed by atoms with Crippen LogP contribution >= 0.6 is 0 Å². The summed E-state index contributed by atoms with van der Waals surface area (Å²) in [7, 11) is 0. The SMILES string of the molecule is CCN(CC)C(=O)c1ccc(NC(=O)CN2CCCNc3ccccc32)cc1. The van der Waals surface area contributed by atoms with E-state index in [4.69, 9.17) is 0 Å². The lowest BCUT2D eigenvalue weighted by atomic mass is 10.1. The van der Waals surface area contributed by atoms with Crippen molar-refractivity contribution < 1.29 is 9.59 Å². The molecule has 2 amide bonds. The zero-order chi connectivity index (χ0) is 19.9. The lowest BCUT2D eigenvalue weighted by Gasteiger charge is -2.23. The van der Waals surface area contributed by atoms with Crippen LogP contribution < -0.4 is 15.5 Å². The molecule has 3 rings (SSSR count). The van der Waals surface area contributed by atoms with Crippen LogP contribution in [0.5, 0.6) is 0 Å². The minimum atomic E-state index is -0.0699. The summed E-state index contributed by atoms with van der Waals surface area (Å²) in [5.74, 6) is -0.0592. The second-order valence-electron chi connectivity index (χ2n) is 6.82. The van der Waals surface area contributed by atoms with Crippen molar-refractivity contribution >= 4 is 28.9 Å². The van der Waals surface area contributed by atoms with Gasteiger partial charge >= 0.3 is 0 Å². The Kier molecular flexibility index (Phi) is 6.53. The number of amides is 2. The smallest absolute Gasteiger partial charge is 0.253 e. The number of carbonyl (C=O) groups is 2. The van der Waals surface area contributed by atoms with Gasteiger partial charge in [-0.2, -0.15) is 0 Å². The molecule has 1 aliphatic heterocycles. The van der Waals surface area contributed by atoms with Crippen molar-refractivity contribution in [2.24, 2.45) is 0 Å². The number of nitrogens with one attached hydrogen (secondary N) is 2. The fraction of sp³-hybridized carbons (Fsp3) is 0.364. The average molecular weight is 380 g/mol. The predicted octanol–water partition coefficient (Wildman–Crippen LogP) is 3.43. The summed E-state index contributed by atoms with van der Waals surface area (Å²) in [6.07, 6.45) is 0.976. The molecule has 2 aromatic carbocycles. The van der Waals surface area contributed by atoms with E-state index in [1.807, 2.05) is 38.1 Å². The molecule has 0 unspecified atom stereocenters. The minimum Gasteiger partial charge on any atom is -0.383 e. The lowest BCUT2D eigenvalue weighted by molar-refractivity contribution is -0.115. The van der Waals surface area contributed by atoms with Gasteiger partial charge in [-0.25, -0.2) is 0 Å². The first-order valence-corrected chi connectivity index (χ1v) is 9.89. The maximum absolute atomic E-state index is 12.6. The van der Waals surface area contributed by atoms with Crippen molar-refractivity contribution in [3.63, 3.8) is 0 Å². The molecule has 1 aliphatic rings. The number of nitrogens with zero attached hydrogens (tertiary/aromatic N) is 2. The maximum Gasteiger partial charge on any atom is 0.253 e.